The van der Waals surface area contributed by atoms with E-state index in [0.29, 0.717) is 24.8 Å². The maximum Gasteiger partial charge on any atom is 0.427 e. The zero-order chi connectivity index (χ0) is 46.5. The Morgan fingerprint density at radius 3 is 2.20 bits per heavy atom. The van der Waals surface area contributed by atoms with E-state index in [4.69, 9.17) is 23.2 Å². The number of carbonyl (C=O) groups is 1. The second-order valence-corrected chi connectivity index (χ2v) is 23.5. The van der Waals surface area contributed by atoms with Crippen molar-refractivity contribution in [3.05, 3.63) is 119 Å². The molecular weight excluding hydrogens is 920 g/mol. The SMILES string of the molecule is CC(C)N(C)CC[C@H](CSc1ccccc1)Nc1ccc(S(=O)(=O)NC(=O)c2ccc(N3CCN(CC4=C(c5ccc(Cl)cc5)CC(C)(C)CC4)CC3)cc2)cc1S(=O)(=O)C(F)(F)Cl. The van der Waals surface area contributed by atoms with Crippen LogP contribution in [-0.4, -0.2) is 101 Å². The minimum atomic E-state index is -5.61. The number of nitrogens with one attached hydrogen (secondary N) is 2. The van der Waals surface area contributed by atoms with Crippen LogP contribution in [0, 0.1) is 5.41 Å². The molecule has 2 N–H and O–H groups in total. The summed E-state index contributed by atoms with van der Waals surface area (Å²) in [6.45, 7) is 13.4. The van der Waals surface area contributed by atoms with E-state index in [1.807, 2.05) is 68.1 Å². The first-order valence-electron chi connectivity index (χ1n) is 21.3. The van der Waals surface area contributed by atoms with Gasteiger partial charge in [0.25, 0.3) is 25.8 Å². The number of hydrogen-bond acceptors (Lipinski definition) is 10. The Bertz CT molecular complexity index is 2500. The Kier molecular flexibility index (Phi) is 16.2. The lowest BCUT2D eigenvalue weighted by Crippen LogP contribution is -2.47. The van der Waals surface area contributed by atoms with Gasteiger partial charge in [0.1, 0.15) is 0 Å². The number of carbonyl (C=O) groups excluding carboxylic acids is 1. The zero-order valence-corrected chi connectivity index (χ0v) is 40.8. The van der Waals surface area contributed by atoms with Crippen molar-refractivity contribution in [1.29, 1.82) is 0 Å². The summed E-state index contributed by atoms with van der Waals surface area (Å²) in [7, 11) is -8.43. The quantitative estimate of drug-likeness (QED) is 0.0737. The van der Waals surface area contributed by atoms with Gasteiger partial charge in [0.05, 0.1) is 15.5 Å². The molecule has 0 aromatic heterocycles. The average molecular weight is 977 g/mol. The van der Waals surface area contributed by atoms with E-state index in [0.717, 1.165) is 79.7 Å². The fourth-order valence-corrected chi connectivity index (χ4v) is 11.2. The van der Waals surface area contributed by atoms with Gasteiger partial charge in [-0.2, -0.15) is 8.78 Å². The highest BCUT2D eigenvalue weighted by molar-refractivity contribution is 7.99. The number of amides is 1. The van der Waals surface area contributed by atoms with Gasteiger partial charge in [-0.15, -0.1) is 11.8 Å². The molecule has 1 aliphatic heterocycles. The zero-order valence-electron chi connectivity index (χ0n) is 36.8. The first-order valence-corrected chi connectivity index (χ1v) is 26.0. The highest BCUT2D eigenvalue weighted by atomic mass is 35.5. The first kappa shape index (κ1) is 49.7. The normalized spacial score (nSPS) is 16.9. The third kappa shape index (κ3) is 12.8. The molecule has 0 unspecified atom stereocenters. The number of halogens is 4. The lowest BCUT2D eigenvalue weighted by Gasteiger charge is -2.39. The standard InChI is InChI=1S/C47H57Cl2F2N5O5S3/c1-33(2)54(5)24-22-38(32-62-40-9-7-6-8-10-40)52-43-20-19-41(29-44(43)63(58,59)47(49,50)51)64(60,61)53-45(57)35-13-17-39(18-14-35)56-27-25-55(26-28-56)31-36-21-23-46(3,4)30-42(36)34-11-15-37(48)16-12-34/h6-20,29,33,38,52H,21-28,30-32H2,1-5H3,(H,53,57)/t38-/m1/s1. The number of sulfonamides is 1. The summed E-state index contributed by atoms with van der Waals surface area (Å²) < 4.78 is 80.1. The fourth-order valence-electron chi connectivity index (χ4n) is 7.85. The first-order chi connectivity index (χ1) is 30.1. The van der Waals surface area contributed by atoms with Gasteiger partial charge in [0.2, 0.25) is 0 Å². The van der Waals surface area contributed by atoms with Gasteiger partial charge in [-0.05, 0) is 141 Å². The van der Waals surface area contributed by atoms with Crippen LogP contribution in [0.25, 0.3) is 5.57 Å². The Labute approximate surface area is 391 Å². The van der Waals surface area contributed by atoms with Crippen LogP contribution in [0.3, 0.4) is 0 Å². The molecule has 10 nitrogen and oxygen atoms in total. The van der Waals surface area contributed by atoms with E-state index in [1.54, 1.807) is 12.1 Å². The highest BCUT2D eigenvalue weighted by Crippen LogP contribution is 2.44. The molecule has 1 heterocycles. The van der Waals surface area contributed by atoms with Crippen molar-refractivity contribution in [2.45, 2.75) is 84.9 Å². The van der Waals surface area contributed by atoms with E-state index in [-0.39, 0.29) is 22.7 Å². The number of rotatable bonds is 18. The molecule has 64 heavy (non-hydrogen) atoms. The lowest BCUT2D eigenvalue weighted by molar-refractivity contribution is 0.0981. The van der Waals surface area contributed by atoms with Gasteiger partial charge in [-0.1, -0.05) is 61.4 Å². The summed E-state index contributed by atoms with van der Waals surface area (Å²) in [5, 5.41) is 3.81. The van der Waals surface area contributed by atoms with E-state index in [9.17, 15) is 30.4 Å². The molecule has 346 valence electrons. The maximum atomic E-state index is 14.6. The topological polar surface area (TPSA) is 119 Å². The molecule has 0 spiro atoms. The number of piperazine rings is 1. The minimum absolute atomic E-state index is 0.0383. The highest BCUT2D eigenvalue weighted by Gasteiger charge is 2.46. The molecule has 1 atom stereocenters. The number of nitrogens with zero attached hydrogens (tertiary/aromatic N) is 3. The van der Waals surface area contributed by atoms with E-state index < -0.39 is 46.3 Å². The average Bonchev–Trinajstić information content (AvgIpc) is 3.25. The molecule has 2 aliphatic rings. The molecule has 4 aromatic rings. The van der Waals surface area contributed by atoms with Crippen LogP contribution in [-0.2, 0) is 19.9 Å². The number of sulfone groups is 1. The van der Waals surface area contributed by atoms with E-state index in [2.05, 4.69) is 46.0 Å². The van der Waals surface area contributed by atoms with Gasteiger partial charge in [0.15, 0.2) is 0 Å². The molecule has 1 saturated heterocycles. The second kappa shape index (κ2) is 20.9. The van der Waals surface area contributed by atoms with E-state index in [1.165, 1.54) is 40.6 Å². The predicted molar refractivity (Wildman–Crippen MR) is 257 cm³/mol. The Hall–Kier alpha value is -3.70. The number of hydrogen-bond donors (Lipinski definition) is 2. The Morgan fingerprint density at radius 1 is 0.922 bits per heavy atom. The number of benzene rings is 4. The molecule has 1 amide bonds. The molecule has 1 fully saturated rings. The van der Waals surface area contributed by atoms with Crippen LogP contribution in [0.1, 0.15) is 69.3 Å². The summed E-state index contributed by atoms with van der Waals surface area (Å²) in [5.74, 6) is -0.542. The molecule has 0 saturated carbocycles. The number of anilines is 2. The van der Waals surface area contributed by atoms with Crippen molar-refractivity contribution in [1.82, 2.24) is 14.5 Å². The van der Waals surface area contributed by atoms with Crippen LogP contribution in [0.5, 0.6) is 0 Å². The van der Waals surface area contributed by atoms with Crippen molar-refractivity contribution in [3.8, 4) is 0 Å². The van der Waals surface area contributed by atoms with Gasteiger partial charge in [0, 0.05) is 78.3 Å². The van der Waals surface area contributed by atoms with Crippen LogP contribution in [0.4, 0.5) is 20.2 Å². The maximum absolute atomic E-state index is 14.6. The summed E-state index contributed by atoms with van der Waals surface area (Å²) in [6.07, 6.45) is 3.69. The summed E-state index contributed by atoms with van der Waals surface area (Å²) in [5.41, 5.74) is 4.98. The minimum Gasteiger partial charge on any atom is -0.380 e. The Morgan fingerprint density at radius 2 is 1.58 bits per heavy atom. The van der Waals surface area contributed by atoms with Crippen LogP contribution in [0.2, 0.25) is 5.02 Å². The largest absolute Gasteiger partial charge is 0.427 e. The predicted octanol–water partition coefficient (Wildman–Crippen LogP) is 10.1. The molecular formula is C47H57Cl2F2N5O5S3. The number of alkyl halides is 3. The van der Waals surface area contributed by atoms with Crippen LogP contribution < -0.4 is 14.9 Å². The molecule has 4 aromatic carbocycles. The third-order valence-corrected chi connectivity index (χ3v) is 16.9. The molecule has 0 radical (unpaired) electrons. The molecule has 0 bridgehead atoms. The number of allylic oxidation sites excluding steroid dienone is 1. The van der Waals surface area contributed by atoms with Gasteiger partial charge >= 0.3 is 4.71 Å². The van der Waals surface area contributed by atoms with Crippen molar-refractivity contribution in [3.63, 3.8) is 0 Å². The van der Waals surface area contributed by atoms with Crippen molar-refractivity contribution >= 4 is 77.7 Å². The number of thioether (sulfide) groups is 1. The van der Waals surface area contributed by atoms with E-state index >= 15 is 0 Å². The van der Waals surface area contributed by atoms with Gasteiger partial charge < -0.3 is 15.1 Å². The molecule has 17 heteroatoms. The van der Waals surface area contributed by atoms with Crippen LogP contribution in [0.15, 0.2) is 117 Å². The van der Waals surface area contributed by atoms with Gasteiger partial charge in [-0.3, -0.25) is 9.69 Å². The third-order valence-electron chi connectivity index (χ3n) is 12.0. The Balaban J connectivity index is 1.13. The van der Waals surface area contributed by atoms with Crippen molar-refractivity contribution < 1.29 is 30.4 Å². The van der Waals surface area contributed by atoms with Crippen molar-refractivity contribution in [2.24, 2.45) is 5.41 Å². The summed E-state index contributed by atoms with van der Waals surface area (Å²) >= 11 is 12.8. The molecule has 1 aliphatic carbocycles. The summed E-state index contributed by atoms with van der Waals surface area (Å²) in [6, 6.07) is 26.7. The van der Waals surface area contributed by atoms with Gasteiger partial charge in [-0.25, -0.2) is 21.6 Å². The summed E-state index contributed by atoms with van der Waals surface area (Å²) in [4.78, 5) is 19.4. The lowest BCUT2D eigenvalue weighted by atomic mass is 9.72. The fraction of sp³-hybridized carbons (Fsp3) is 0.426. The van der Waals surface area contributed by atoms with Crippen LogP contribution >= 0.6 is 35.0 Å². The smallest absolute Gasteiger partial charge is 0.380 e. The second-order valence-electron chi connectivity index (χ2n) is 17.6. The van der Waals surface area contributed by atoms with Crippen molar-refractivity contribution in [2.75, 3.05) is 62.3 Å². The monoisotopic (exact) mass is 975 g/mol. The molecule has 6 rings (SSSR count).